The number of unbranched alkanes of at least 4 members (excludes halogenated alkanes) is 31. The third kappa shape index (κ3) is 61.2. The van der Waals surface area contributed by atoms with Gasteiger partial charge in [0.25, 0.3) is 0 Å². The minimum Gasteiger partial charge on any atom is -0.462 e. The molecule has 6 heteroatoms. The lowest BCUT2D eigenvalue weighted by atomic mass is 10.0. The second kappa shape index (κ2) is 63.9. The summed E-state index contributed by atoms with van der Waals surface area (Å²) in [5.41, 5.74) is 0. The van der Waals surface area contributed by atoms with Gasteiger partial charge >= 0.3 is 17.9 Å². The highest BCUT2D eigenvalue weighted by Gasteiger charge is 2.19. The van der Waals surface area contributed by atoms with Crippen LogP contribution in [0.3, 0.4) is 0 Å². The Morgan fingerprint density at radius 2 is 0.513 bits per heavy atom. The molecule has 0 radical (unpaired) electrons. The minimum absolute atomic E-state index is 0.0803. The van der Waals surface area contributed by atoms with Crippen LogP contribution in [0.15, 0.2) is 97.2 Å². The molecular formula is C70H120O6. The van der Waals surface area contributed by atoms with Gasteiger partial charge in [0.15, 0.2) is 6.10 Å². The summed E-state index contributed by atoms with van der Waals surface area (Å²) in [5, 5.41) is 0. The number of rotatable bonds is 58. The van der Waals surface area contributed by atoms with Crippen molar-refractivity contribution in [3.63, 3.8) is 0 Å². The van der Waals surface area contributed by atoms with Gasteiger partial charge in [0, 0.05) is 19.3 Å². The number of ether oxygens (including phenoxy) is 3. The van der Waals surface area contributed by atoms with Gasteiger partial charge in [0.2, 0.25) is 0 Å². The molecule has 0 rings (SSSR count). The maximum absolute atomic E-state index is 12.9. The fraction of sp³-hybridized carbons (Fsp3) is 0.729. The molecule has 0 aliphatic carbocycles. The average Bonchev–Trinajstić information content (AvgIpc) is 3.42. The van der Waals surface area contributed by atoms with Crippen molar-refractivity contribution in [2.45, 2.75) is 316 Å². The molecule has 0 aromatic carbocycles. The van der Waals surface area contributed by atoms with Gasteiger partial charge in [-0.15, -0.1) is 0 Å². The highest BCUT2D eigenvalue weighted by molar-refractivity contribution is 5.71. The predicted octanol–water partition coefficient (Wildman–Crippen LogP) is 22.0. The van der Waals surface area contributed by atoms with Crippen LogP contribution in [0.5, 0.6) is 0 Å². The number of esters is 3. The van der Waals surface area contributed by atoms with Gasteiger partial charge < -0.3 is 14.2 Å². The van der Waals surface area contributed by atoms with Gasteiger partial charge in [0.05, 0.1) is 0 Å². The van der Waals surface area contributed by atoms with Gasteiger partial charge in [0.1, 0.15) is 13.2 Å². The number of allylic oxidation sites excluding steroid dienone is 16. The van der Waals surface area contributed by atoms with Gasteiger partial charge in [-0.1, -0.05) is 285 Å². The molecule has 0 fully saturated rings. The Labute approximate surface area is 470 Å². The second-order valence-electron chi connectivity index (χ2n) is 21.3. The molecule has 0 aromatic rings. The maximum Gasteiger partial charge on any atom is 0.306 e. The highest BCUT2D eigenvalue weighted by atomic mass is 16.6. The van der Waals surface area contributed by atoms with Crippen LogP contribution >= 0.6 is 0 Å². The number of hydrogen-bond acceptors (Lipinski definition) is 6. The number of carbonyl (C=O) groups is 3. The zero-order chi connectivity index (χ0) is 55.0. The van der Waals surface area contributed by atoms with E-state index in [2.05, 4.69) is 118 Å². The van der Waals surface area contributed by atoms with Crippen LogP contribution in [0.2, 0.25) is 0 Å². The monoisotopic (exact) mass is 1060 g/mol. The first-order valence-corrected chi connectivity index (χ1v) is 32.2. The molecule has 0 N–H and O–H groups in total. The lowest BCUT2D eigenvalue weighted by Crippen LogP contribution is -2.30. The van der Waals surface area contributed by atoms with Crippen molar-refractivity contribution in [2.24, 2.45) is 0 Å². The first kappa shape index (κ1) is 72.3. The van der Waals surface area contributed by atoms with Crippen LogP contribution in [0.4, 0.5) is 0 Å². The van der Waals surface area contributed by atoms with Crippen molar-refractivity contribution in [1.29, 1.82) is 0 Å². The van der Waals surface area contributed by atoms with Gasteiger partial charge in [-0.25, -0.2) is 0 Å². The topological polar surface area (TPSA) is 78.9 Å². The lowest BCUT2D eigenvalue weighted by molar-refractivity contribution is -0.167. The largest absolute Gasteiger partial charge is 0.462 e. The van der Waals surface area contributed by atoms with Gasteiger partial charge in [-0.05, 0) is 103 Å². The molecule has 0 aliphatic heterocycles. The molecule has 1 atom stereocenters. The Morgan fingerprint density at radius 1 is 0.276 bits per heavy atom. The van der Waals surface area contributed by atoms with E-state index < -0.39 is 6.10 Å². The fourth-order valence-electron chi connectivity index (χ4n) is 9.01. The van der Waals surface area contributed by atoms with Gasteiger partial charge in [-0.2, -0.15) is 0 Å². The van der Waals surface area contributed by atoms with E-state index in [-0.39, 0.29) is 31.1 Å². The Bertz CT molecular complexity index is 1490. The van der Waals surface area contributed by atoms with E-state index in [1.165, 1.54) is 154 Å². The third-order valence-corrected chi connectivity index (χ3v) is 13.8. The molecule has 0 aromatic heterocycles. The van der Waals surface area contributed by atoms with Crippen LogP contribution < -0.4 is 0 Å². The molecule has 0 heterocycles. The highest BCUT2D eigenvalue weighted by Crippen LogP contribution is 2.16. The van der Waals surface area contributed by atoms with E-state index in [0.717, 1.165) is 116 Å². The number of carbonyl (C=O) groups excluding carboxylic acids is 3. The zero-order valence-electron chi connectivity index (χ0n) is 50.0. The van der Waals surface area contributed by atoms with Crippen LogP contribution in [-0.4, -0.2) is 37.2 Å². The van der Waals surface area contributed by atoms with Crippen molar-refractivity contribution < 1.29 is 28.6 Å². The van der Waals surface area contributed by atoms with Crippen LogP contribution in [-0.2, 0) is 28.6 Å². The Kier molecular flexibility index (Phi) is 60.8. The molecule has 0 saturated carbocycles. The molecule has 6 nitrogen and oxygen atoms in total. The molecule has 0 amide bonds. The average molecular weight is 1060 g/mol. The summed E-state index contributed by atoms with van der Waals surface area (Å²) >= 11 is 0. The van der Waals surface area contributed by atoms with Crippen LogP contribution in [0, 0.1) is 0 Å². The first-order valence-electron chi connectivity index (χ1n) is 32.2. The second-order valence-corrected chi connectivity index (χ2v) is 21.3. The van der Waals surface area contributed by atoms with E-state index >= 15 is 0 Å². The van der Waals surface area contributed by atoms with Crippen molar-refractivity contribution >= 4 is 17.9 Å². The zero-order valence-corrected chi connectivity index (χ0v) is 50.0. The van der Waals surface area contributed by atoms with Crippen molar-refractivity contribution in [1.82, 2.24) is 0 Å². The SMILES string of the molecule is CC/C=C\C/C=C\C/C=C\C/C=C\C/C=C\C/C=C\C/C=C\CCCCCCCCCCCC(=O)OCC(COC(=O)CCCCCCC/C=C\CCCCC)OC(=O)CCCCCCCCCCCCCCCCC. The summed E-state index contributed by atoms with van der Waals surface area (Å²) in [7, 11) is 0. The quantitative estimate of drug-likeness (QED) is 0.0261. The Balaban J connectivity index is 4.24. The molecule has 0 spiro atoms. The first-order chi connectivity index (χ1) is 37.5. The van der Waals surface area contributed by atoms with Crippen molar-refractivity contribution in [3.05, 3.63) is 97.2 Å². The fourth-order valence-corrected chi connectivity index (χ4v) is 9.01. The maximum atomic E-state index is 12.9. The van der Waals surface area contributed by atoms with Crippen molar-refractivity contribution in [2.75, 3.05) is 13.2 Å². The van der Waals surface area contributed by atoms with Crippen LogP contribution in [0.1, 0.15) is 310 Å². The summed E-state index contributed by atoms with van der Waals surface area (Å²) in [5.74, 6) is -0.884. The molecule has 0 aliphatic rings. The summed E-state index contributed by atoms with van der Waals surface area (Å²) in [6, 6.07) is 0. The van der Waals surface area contributed by atoms with Crippen molar-refractivity contribution in [3.8, 4) is 0 Å². The molecule has 436 valence electrons. The normalized spacial score (nSPS) is 12.7. The molecule has 76 heavy (non-hydrogen) atoms. The van der Waals surface area contributed by atoms with E-state index in [4.69, 9.17) is 14.2 Å². The molecule has 1 unspecified atom stereocenters. The van der Waals surface area contributed by atoms with Gasteiger partial charge in [-0.3, -0.25) is 14.4 Å². The Morgan fingerprint density at radius 3 is 0.842 bits per heavy atom. The summed E-state index contributed by atoms with van der Waals surface area (Å²) < 4.78 is 16.9. The molecular weight excluding hydrogens is 937 g/mol. The van der Waals surface area contributed by atoms with E-state index in [1.54, 1.807) is 0 Å². The molecule has 0 saturated heterocycles. The lowest BCUT2D eigenvalue weighted by Gasteiger charge is -2.18. The van der Waals surface area contributed by atoms with E-state index in [9.17, 15) is 14.4 Å². The van der Waals surface area contributed by atoms with E-state index in [1.807, 2.05) is 0 Å². The molecule has 0 bridgehead atoms. The summed E-state index contributed by atoms with van der Waals surface area (Å²) in [6.07, 6.45) is 85.6. The van der Waals surface area contributed by atoms with E-state index in [0.29, 0.717) is 19.3 Å². The summed E-state index contributed by atoms with van der Waals surface area (Å²) in [6.45, 7) is 6.52. The van der Waals surface area contributed by atoms with Crippen LogP contribution in [0.25, 0.3) is 0 Å². The standard InChI is InChI=1S/C70H120O6/c1-4-7-10-13-16-19-22-25-27-28-29-30-31-32-33-34-35-36-37-38-39-40-41-42-44-45-48-51-54-57-60-63-69(72)75-66-67(65-74-68(71)62-59-56-53-50-47-24-21-18-15-12-9-6-3)76-70(73)64-61-58-55-52-49-46-43-26-23-20-17-14-11-8-5-2/h7,10,16,18-19,21,25,27,29-30,32-33,35-36,38-39,67H,4-6,8-9,11-15,17,20,22-24,26,28,31,34,37,40-66H2,1-3H3/b10-7-,19-16-,21-18-,27-25-,30-29-,33-32-,36-35-,39-38-. The number of hydrogen-bond donors (Lipinski definition) is 0. The summed E-state index contributed by atoms with van der Waals surface area (Å²) in [4.78, 5) is 38.2. The Hall–Kier alpha value is -3.67. The smallest absolute Gasteiger partial charge is 0.306 e. The minimum atomic E-state index is -0.781. The third-order valence-electron chi connectivity index (χ3n) is 13.8. The predicted molar refractivity (Wildman–Crippen MR) is 330 cm³/mol.